The highest BCUT2D eigenvalue weighted by atomic mass is 35.5. The monoisotopic (exact) mass is 554 g/mol. The number of hydrogen-bond acceptors (Lipinski definition) is 7. The molecular weight excluding hydrogens is 527 g/mol. The third kappa shape index (κ3) is 7.27. The first-order valence-corrected chi connectivity index (χ1v) is 13.8. The van der Waals surface area contributed by atoms with Crippen LogP contribution in [0.3, 0.4) is 0 Å². The van der Waals surface area contributed by atoms with Crippen LogP contribution in [-0.2, 0) is 21.2 Å². The molecule has 1 aliphatic heterocycles. The van der Waals surface area contributed by atoms with Crippen LogP contribution in [0.4, 0.5) is 4.79 Å². The van der Waals surface area contributed by atoms with Gasteiger partial charge in [-0.3, -0.25) is 14.7 Å². The molecule has 0 saturated carbocycles. The first-order valence-electron chi connectivity index (χ1n) is 11.3. The summed E-state index contributed by atoms with van der Waals surface area (Å²) in [7, 11) is -3.63. The molecule has 0 aliphatic carbocycles. The van der Waals surface area contributed by atoms with Crippen molar-refractivity contribution in [2.75, 3.05) is 32.1 Å². The van der Waals surface area contributed by atoms with Crippen molar-refractivity contribution >= 4 is 50.8 Å². The van der Waals surface area contributed by atoms with Crippen molar-refractivity contribution in [3.8, 4) is 0 Å². The van der Waals surface area contributed by atoms with Gasteiger partial charge in [-0.15, -0.1) is 0 Å². The summed E-state index contributed by atoms with van der Waals surface area (Å²) in [4.78, 5) is 28.9. The zero-order chi connectivity index (χ0) is 26.3. The molecule has 2 aromatic carbocycles. The Morgan fingerprint density at radius 3 is 2.53 bits per heavy atom. The Morgan fingerprint density at radius 2 is 1.83 bits per heavy atom. The lowest BCUT2D eigenvalue weighted by molar-refractivity contribution is -0.118. The van der Waals surface area contributed by atoms with E-state index in [1.54, 1.807) is 6.92 Å². The molecule has 0 atom stereocenters. The largest absolute Gasteiger partial charge is 0.465 e. The summed E-state index contributed by atoms with van der Waals surface area (Å²) in [6, 6.07) is 10.3. The fourth-order valence-electron chi connectivity index (χ4n) is 3.66. The van der Waals surface area contributed by atoms with Gasteiger partial charge in [0.2, 0.25) is 0 Å². The summed E-state index contributed by atoms with van der Waals surface area (Å²) in [5.74, 6) is 0.183. The quantitative estimate of drug-likeness (QED) is 0.342. The molecule has 3 N–H and O–H groups in total. The van der Waals surface area contributed by atoms with E-state index in [1.165, 1.54) is 17.0 Å². The number of Topliss-reactive ketones (excluding diaryl/α,β-unsaturated/α-hetero) is 1. The highest BCUT2D eigenvalue weighted by Gasteiger charge is 2.24. The van der Waals surface area contributed by atoms with Gasteiger partial charge in [0.15, 0.2) is 9.84 Å². The van der Waals surface area contributed by atoms with Gasteiger partial charge >= 0.3 is 6.09 Å². The molecular formula is C24H28Cl2N4O5S. The third-order valence-corrected chi connectivity index (χ3v) is 8.26. The minimum atomic E-state index is -3.63. The smallest absolute Gasteiger partial charge is 0.413 e. The van der Waals surface area contributed by atoms with Gasteiger partial charge in [-0.2, -0.15) is 0 Å². The summed E-state index contributed by atoms with van der Waals surface area (Å²) in [6.07, 6.45) is -0.210. The van der Waals surface area contributed by atoms with Crippen molar-refractivity contribution in [3.05, 3.63) is 63.1 Å². The fourth-order valence-corrected chi connectivity index (χ4v) is 5.65. The lowest BCUT2D eigenvalue weighted by Gasteiger charge is -2.14. The van der Waals surface area contributed by atoms with E-state index >= 15 is 0 Å². The van der Waals surface area contributed by atoms with Gasteiger partial charge < -0.3 is 15.7 Å². The summed E-state index contributed by atoms with van der Waals surface area (Å²) in [5, 5.41) is 15.7. The van der Waals surface area contributed by atoms with Crippen molar-refractivity contribution in [3.63, 3.8) is 0 Å². The molecule has 36 heavy (non-hydrogen) atoms. The summed E-state index contributed by atoms with van der Waals surface area (Å²) >= 11 is 12.1. The molecule has 0 aromatic heterocycles. The summed E-state index contributed by atoms with van der Waals surface area (Å²) < 4.78 is 25.1. The Bertz CT molecular complexity index is 1250. The van der Waals surface area contributed by atoms with E-state index in [9.17, 15) is 23.1 Å². The standard InChI is InChI=1S/C24H28Cl2N4O5S/c1-16-20(25)8-9-21(22(16)26)36(34,35)15-27-10-2-3-19(31)14-28-13-17-4-6-18(7-5-17)23-29-11-12-30(23)24(32)33/h4-9,27-28H,2-3,10-15H2,1H3,(H,32,33). The second-order valence-corrected chi connectivity index (χ2v) is 11.1. The van der Waals surface area contributed by atoms with E-state index in [2.05, 4.69) is 15.6 Å². The first-order chi connectivity index (χ1) is 17.1. The number of nitrogens with one attached hydrogen (secondary N) is 2. The van der Waals surface area contributed by atoms with Crippen molar-refractivity contribution in [1.82, 2.24) is 15.5 Å². The molecule has 2 aromatic rings. The number of nitrogens with zero attached hydrogens (tertiary/aromatic N) is 2. The summed E-state index contributed by atoms with van der Waals surface area (Å²) in [5.41, 5.74) is 2.20. The second kappa shape index (κ2) is 12.6. The van der Waals surface area contributed by atoms with Crippen LogP contribution < -0.4 is 10.6 Å². The number of halogens is 2. The number of rotatable bonds is 12. The third-order valence-electron chi connectivity index (χ3n) is 5.66. The molecule has 194 valence electrons. The normalized spacial score (nSPS) is 13.6. The van der Waals surface area contributed by atoms with Crippen molar-refractivity contribution < 1.29 is 23.1 Å². The predicted octanol–water partition coefficient (Wildman–Crippen LogP) is 3.50. The topological polar surface area (TPSA) is 128 Å². The molecule has 0 saturated heterocycles. The van der Waals surface area contributed by atoms with Crippen LogP contribution in [0.15, 0.2) is 46.3 Å². The number of amides is 1. The van der Waals surface area contributed by atoms with Gasteiger partial charge in [0.05, 0.1) is 29.6 Å². The van der Waals surface area contributed by atoms with Crippen LogP contribution in [-0.4, -0.2) is 68.2 Å². The van der Waals surface area contributed by atoms with Crippen molar-refractivity contribution in [2.24, 2.45) is 4.99 Å². The van der Waals surface area contributed by atoms with Crippen molar-refractivity contribution in [1.29, 1.82) is 0 Å². The Kier molecular flexibility index (Phi) is 9.86. The fraction of sp³-hybridized carbons (Fsp3) is 0.375. The number of ketones is 1. The number of hydrogen-bond donors (Lipinski definition) is 3. The molecule has 0 spiro atoms. The lowest BCUT2D eigenvalue weighted by atomic mass is 10.1. The van der Waals surface area contributed by atoms with Crippen LogP contribution in [0, 0.1) is 6.92 Å². The number of benzene rings is 2. The van der Waals surface area contributed by atoms with E-state index in [1.807, 2.05) is 24.3 Å². The molecule has 9 nitrogen and oxygen atoms in total. The molecule has 0 fully saturated rings. The van der Waals surface area contributed by atoms with Gasteiger partial charge in [-0.25, -0.2) is 13.2 Å². The number of carboxylic acid groups (broad SMARTS) is 1. The van der Waals surface area contributed by atoms with E-state index in [0.717, 1.165) is 11.1 Å². The van der Waals surface area contributed by atoms with Gasteiger partial charge in [-0.05, 0) is 43.1 Å². The van der Waals surface area contributed by atoms with Crippen LogP contribution in [0.5, 0.6) is 0 Å². The first kappa shape index (κ1) is 28.1. The zero-order valence-electron chi connectivity index (χ0n) is 19.8. The number of aliphatic imine (C=N–C) groups is 1. The minimum absolute atomic E-state index is 0.0186. The average molecular weight is 555 g/mol. The molecule has 12 heteroatoms. The molecule has 1 amide bonds. The number of sulfone groups is 1. The second-order valence-electron chi connectivity index (χ2n) is 8.33. The highest BCUT2D eigenvalue weighted by Crippen LogP contribution is 2.30. The Morgan fingerprint density at radius 1 is 1.11 bits per heavy atom. The van der Waals surface area contributed by atoms with E-state index in [-0.39, 0.29) is 28.1 Å². The van der Waals surface area contributed by atoms with Gasteiger partial charge in [-0.1, -0.05) is 47.5 Å². The molecule has 0 bridgehead atoms. The van der Waals surface area contributed by atoms with E-state index in [4.69, 9.17) is 23.2 Å². The van der Waals surface area contributed by atoms with Crippen LogP contribution >= 0.6 is 23.2 Å². The van der Waals surface area contributed by atoms with Crippen LogP contribution in [0.2, 0.25) is 10.0 Å². The molecule has 0 radical (unpaired) electrons. The van der Waals surface area contributed by atoms with Gasteiger partial charge in [0, 0.05) is 23.6 Å². The molecule has 0 unspecified atom stereocenters. The Hall–Kier alpha value is -2.50. The van der Waals surface area contributed by atoms with E-state index < -0.39 is 15.9 Å². The minimum Gasteiger partial charge on any atom is -0.465 e. The lowest BCUT2D eigenvalue weighted by Crippen LogP contribution is -2.33. The SMILES string of the molecule is Cc1c(Cl)ccc(S(=O)(=O)CNCCCC(=O)CNCc2ccc(C3=NCCN3C(=O)O)cc2)c1Cl. The van der Waals surface area contributed by atoms with Gasteiger partial charge in [0.1, 0.15) is 17.5 Å². The predicted molar refractivity (Wildman–Crippen MR) is 140 cm³/mol. The number of carbonyl (C=O) groups is 2. The van der Waals surface area contributed by atoms with Crippen molar-refractivity contribution in [2.45, 2.75) is 31.2 Å². The Labute approximate surface area is 220 Å². The maximum absolute atomic E-state index is 12.5. The zero-order valence-corrected chi connectivity index (χ0v) is 22.1. The maximum atomic E-state index is 12.5. The maximum Gasteiger partial charge on any atom is 0.413 e. The molecule has 3 rings (SSSR count). The van der Waals surface area contributed by atoms with Crippen LogP contribution in [0.1, 0.15) is 29.5 Å². The van der Waals surface area contributed by atoms with Gasteiger partial charge in [0.25, 0.3) is 0 Å². The van der Waals surface area contributed by atoms with Crippen LogP contribution in [0.25, 0.3) is 0 Å². The van der Waals surface area contributed by atoms with E-state index in [0.29, 0.717) is 55.4 Å². The number of amidine groups is 1. The average Bonchev–Trinajstić information content (AvgIpc) is 3.33. The summed E-state index contributed by atoms with van der Waals surface area (Å²) in [6.45, 7) is 3.52. The highest BCUT2D eigenvalue weighted by molar-refractivity contribution is 7.91. The molecule has 1 heterocycles. The molecule has 1 aliphatic rings. The number of carbonyl (C=O) groups excluding carboxylic acids is 1. The Balaban J connectivity index is 1.35.